The van der Waals surface area contributed by atoms with Gasteiger partial charge in [-0.15, -0.1) is 0 Å². The number of likely N-dealkylation sites (N-methyl/N-ethyl adjacent to an activating group) is 1. The minimum absolute atomic E-state index is 0.717. The molecule has 0 atom stereocenters. The van der Waals surface area contributed by atoms with Gasteiger partial charge >= 0.3 is 0 Å². The van der Waals surface area contributed by atoms with Crippen molar-refractivity contribution in [2.75, 3.05) is 41.5 Å². The summed E-state index contributed by atoms with van der Waals surface area (Å²) >= 11 is 0. The topological polar surface area (TPSA) is 43.0 Å². The monoisotopic (exact) mass is 294 g/mol. The fourth-order valence-corrected chi connectivity index (χ4v) is 2.42. The zero-order chi connectivity index (χ0) is 15.2. The molecule has 0 amide bonds. The van der Waals surface area contributed by atoms with E-state index in [0.29, 0.717) is 0 Å². The van der Waals surface area contributed by atoms with E-state index in [4.69, 9.17) is 14.2 Å². The lowest BCUT2D eigenvalue weighted by Crippen LogP contribution is -2.30. The van der Waals surface area contributed by atoms with Gasteiger partial charge in [0.25, 0.3) is 0 Å². The molecule has 21 heavy (non-hydrogen) atoms. The van der Waals surface area contributed by atoms with E-state index in [2.05, 4.69) is 17.3 Å². The number of nitrogens with zero attached hydrogens (tertiary/aromatic N) is 1. The maximum absolute atomic E-state index is 5.45. The summed E-state index contributed by atoms with van der Waals surface area (Å²) in [5.41, 5.74) is 1.02. The highest BCUT2D eigenvalue weighted by atomic mass is 16.5. The predicted molar refractivity (Wildman–Crippen MR) is 83.5 cm³/mol. The minimum atomic E-state index is 0.717. The van der Waals surface area contributed by atoms with Crippen LogP contribution in [0, 0.1) is 0 Å². The lowest BCUT2D eigenvalue weighted by molar-refractivity contribution is 0.319. The summed E-state index contributed by atoms with van der Waals surface area (Å²) < 4.78 is 16.2. The second kappa shape index (κ2) is 7.52. The summed E-state index contributed by atoms with van der Waals surface area (Å²) in [7, 11) is 7.16. The third-order valence-corrected chi connectivity index (χ3v) is 3.93. The Bertz CT molecular complexity index is 436. The van der Waals surface area contributed by atoms with E-state index in [-0.39, 0.29) is 0 Å². The molecule has 0 heterocycles. The van der Waals surface area contributed by atoms with Crippen molar-refractivity contribution in [3.05, 3.63) is 17.7 Å². The molecule has 1 N–H and O–H groups in total. The molecule has 1 fully saturated rings. The molecule has 1 aliphatic rings. The van der Waals surface area contributed by atoms with E-state index in [1.165, 1.54) is 12.8 Å². The second-order valence-electron chi connectivity index (χ2n) is 5.40. The number of hydrogen-bond acceptors (Lipinski definition) is 5. The summed E-state index contributed by atoms with van der Waals surface area (Å²) in [5.74, 6) is 2.31. The van der Waals surface area contributed by atoms with E-state index in [1.807, 2.05) is 12.1 Å². The van der Waals surface area contributed by atoms with Gasteiger partial charge in [0.2, 0.25) is 0 Å². The molecule has 0 aromatic heterocycles. The van der Waals surface area contributed by atoms with Crippen molar-refractivity contribution in [1.82, 2.24) is 10.2 Å². The summed E-state index contributed by atoms with van der Waals surface area (Å²) in [6.45, 7) is 2.73. The Morgan fingerprint density at radius 3 is 2.19 bits per heavy atom. The number of ether oxygens (including phenoxy) is 3. The minimum Gasteiger partial charge on any atom is -0.496 e. The predicted octanol–water partition coefficient (Wildman–Crippen LogP) is 1.90. The van der Waals surface area contributed by atoms with Crippen LogP contribution in [0.25, 0.3) is 0 Å². The normalized spacial score (nSPS) is 14.3. The van der Waals surface area contributed by atoms with Crippen molar-refractivity contribution in [2.45, 2.75) is 25.4 Å². The van der Waals surface area contributed by atoms with Crippen LogP contribution >= 0.6 is 0 Å². The van der Waals surface area contributed by atoms with Crippen molar-refractivity contribution < 1.29 is 14.2 Å². The largest absolute Gasteiger partial charge is 0.496 e. The number of nitrogens with one attached hydrogen (secondary N) is 1. The Morgan fingerprint density at radius 2 is 1.71 bits per heavy atom. The molecule has 0 aliphatic heterocycles. The zero-order valence-corrected chi connectivity index (χ0v) is 13.4. The molecule has 5 heteroatoms. The van der Waals surface area contributed by atoms with E-state index in [0.717, 1.165) is 48.5 Å². The maximum Gasteiger partial charge on any atom is 0.130 e. The summed E-state index contributed by atoms with van der Waals surface area (Å²) in [4.78, 5) is 2.41. The molecule has 1 aromatic rings. The standard InChI is InChI=1S/C16H26N2O3/c1-18(12-5-6-12)8-7-17-11-14-15(20-3)9-13(19-2)10-16(14)21-4/h9-10,12,17H,5-8,11H2,1-4H3. The molecule has 2 rings (SSSR count). The quantitative estimate of drug-likeness (QED) is 0.705. The smallest absolute Gasteiger partial charge is 0.130 e. The van der Waals surface area contributed by atoms with E-state index >= 15 is 0 Å². The molecule has 118 valence electrons. The molecule has 0 radical (unpaired) electrons. The van der Waals surface area contributed by atoms with Crippen molar-refractivity contribution in [2.24, 2.45) is 0 Å². The van der Waals surface area contributed by atoms with Gasteiger partial charge in [0.05, 0.1) is 26.9 Å². The first-order chi connectivity index (χ1) is 10.2. The van der Waals surface area contributed by atoms with E-state index < -0.39 is 0 Å². The number of hydrogen-bond donors (Lipinski definition) is 1. The van der Waals surface area contributed by atoms with Crippen LogP contribution in [-0.4, -0.2) is 52.4 Å². The van der Waals surface area contributed by atoms with Gasteiger partial charge in [-0.3, -0.25) is 0 Å². The summed E-state index contributed by atoms with van der Waals surface area (Å²) in [6, 6.07) is 4.57. The molecule has 1 aliphatic carbocycles. The van der Waals surface area contributed by atoms with Gasteiger partial charge in [-0.1, -0.05) is 0 Å². The van der Waals surface area contributed by atoms with Gasteiger partial charge in [0.15, 0.2) is 0 Å². The van der Waals surface area contributed by atoms with Gasteiger partial charge < -0.3 is 24.4 Å². The molecule has 1 aromatic carbocycles. The molecular formula is C16H26N2O3. The number of methoxy groups -OCH3 is 3. The Kier molecular flexibility index (Phi) is 5.70. The van der Waals surface area contributed by atoms with Crippen LogP contribution in [0.4, 0.5) is 0 Å². The van der Waals surface area contributed by atoms with Crippen molar-refractivity contribution in [3.8, 4) is 17.2 Å². The van der Waals surface area contributed by atoms with Crippen LogP contribution in [-0.2, 0) is 6.54 Å². The van der Waals surface area contributed by atoms with Crippen LogP contribution in [0.5, 0.6) is 17.2 Å². The van der Waals surface area contributed by atoms with Crippen LogP contribution in [0.3, 0.4) is 0 Å². The average Bonchev–Trinajstić information content (AvgIpc) is 3.35. The molecule has 0 unspecified atom stereocenters. The van der Waals surface area contributed by atoms with Gasteiger partial charge in [0, 0.05) is 37.8 Å². The summed E-state index contributed by atoms with van der Waals surface area (Å²) in [5, 5.41) is 3.46. The average molecular weight is 294 g/mol. The first kappa shape index (κ1) is 15.9. The second-order valence-corrected chi connectivity index (χ2v) is 5.40. The molecular weight excluding hydrogens is 268 g/mol. The molecule has 0 saturated heterocycles. The van der Waals surface area contributed by atoms with E-state index in [9.17, 15) is 0 Å². The highest BCUT2D eigenvalue weighted by Gasteiger charge is 2.25. The first-order valence-electron chi connectivity index (χ1n) is 7.39. The maximum atomic E-state index is 5.45. The fraction of sp³-hybridized carbons (Fsp3) is 0.625. The SMILES string of the molecule is COc1cc(OC)c(CNCCN(C)C2CC2)c(OC)c1. The highest BCUT2D eigenvalue weighted by Crippen LogP contribution is 2.33. The Balaban J connectivity index is 1.93. The summed E-state index contributed by atoms with van der Waals surface area (Å²) in [6.07, 6.45) is 2.69. The van der Waals surface area contributed by atoms with Crippen molar-refractivity contribution in [3.63, 3.8) is 0 Å². The highest BCUT2D eigenvalue weighted by molar-refractivity contribution is 5.50. The van der Waals surface area contributed by atoms with Crippen LogP contribution in [0.15, 0.2) is 12.1 Å². The van der Waals surface area contributed by atoms with Gasteiger partial charge in [-0.2, -0.15) is 0 Å². The van der Waals surface area contributed by atoms with E-state index in [1.54, 1.807) is 21.3 Å². The Hall–Kier alpha value is -1.46. The third-order valence-electron chi connectivity index (χ3n) is 3.93. The molecule has 5 nitrogen and oxygen atoms in total. The molecule has 1 saturated carbocycles. The van der Waals surface area contributed by atoms with Gasteiger partial charge in [-0.25, -0.2) is 0 Å². The molecule has 0 bridgehead atoms. The first-order valence-corrected chi connectivity index (χ1v) is 7.39. The zero-order valence-electron chi connectivity index (χ0n) is 13.4. The number of benzene rings is 1. The van der Waals surface area contributed by atoms with Crippen molar-refractivity contribution in [1.29, 1.82) is 0 Å². The molecule has 0 spiro atoms. The van der Waals surface area contributed by atoms with Crippen molar-refractivity contribution >= 4 is 0 Å². The van der Waals surface area contributed by atoms with Gasteiger partial charge in [0.1, 0.15) is 17.2 Å². The van der Waals surface area contributed by atoms with Crippen LogP contribution in [0.1, 0.15) is 18.4 Å². The lowest BCUT2D eigenvalue weighted by Gasteiger charge is -2.18. The Labute approximate surface area is 127 Å². The Morgan fingerprint density at radius 1 is 1.10 bits per heavy atom. The van der Waals surface area contributed by atoms with Crippen LogP contribution < -0.4 is 19.5 Å². The number of rotatable bonds is 9. The van der Waals surface area contributed by atoms with Crippen LogP contribution in [0.2, 0.25) is 0 Å². The third kappa shape index (κ3) is 4.25. The lowest BCUT2D eigenvalue weighted by atomic mass is 10.1. The fourth-order valence-electron chi connectivity index (χ4n) is 2.42. The van der Waals surface area contributed by atoms with Gasteiger partial charge in [-0.05, 0) is 19.9 Å².